The molecule has 0 aliphatic rings. The van der Waals surface area contributed by atoms with E-state index in [1.807, 2.05) is 0 Å². The highest BCUT2D eigenvalue weighted by Gasteiger charge is 2.24. The molecular weight excluding hydrogens is 424 g/mol. The van der Waals surface area contributed by atoms with Crippen molar-refractivity contribution in [1.82, 2.24) is 0 Å². The SMILES string of the molecule is Cc1cc(OC(=O)COc2cc(C(C)(C)O)cc(C(C)(C)O)c2)cc(C)c1S(=O)(=O)O. The number of hydrogen-bond donors (Lipinski definition) is 3. The van der Waals surface area contributed by atoms with E-state index >= 15 is 0 Å². The molecule has 0 saturated carbocycles. The number of carbonyl (C=O) groups is 1. The molecule has 0 atom stereocenters. The van der Waals surface area contributed by atoms with Gasteiger partial charge in [-0.3, -0.25) is 4.55 Å². The van der Waals surface area contributed by atoms with E-state index in [-0.39, 0.29) is 27.5 Å². The number of rotatable bonds is 7. The van der Waals surface area contributed by atoms with Gasteiger partial charge in [0.05, 0.1) is 16.1 Å². The minimum absolute atomic E-state index is 0.110. The van der Waals surface area contributed by atoms with Crippen LogP contribution >= 0.6 is 0 Å². The van der Waals surface area contributed by atoms with Crippen LogP contribution in [0.25, 0.3) is 0 Å². The van der Waals surface area contributed by atoms with E-state index in [0.717, 1.165) is 0 Å². The first kappa shape index (κ1) is 24.8. The van der Waals surface area contributed by atoms with Gasteiger partial charge in [0, 0.05) is 0 Å². The Morgan fingerprint density at radius 2 is 1.32 bits per heavy atom. The molecule has 2 aromatic rings. The summed E-state index contributed by atoms with van der Waals surface area (Å²) in [6.07, 6.45) is 0. The lowest BCUT2D eigenvalue weighted by Crippen LogP contribution is -2.22. The van der Waals surface area contributed by atoms with Gasteiger partial charge in [0.15, 0.2) is 6.61 Å². The summed E-state index contributed by atoms with van der Waals surface area (Å²) in [6.45, 7) is 8.86. The molecule has 31 heavy (non-hydrogen) atoms. The zero-order valence-electron chi connectivity index (χ0n) is 18.4. The third-order valence-corrected chi connectivity index (χ3v) is 5.76. The van der Waals surface area contributed by atoms with Crippen molar-refractivity contribution < 1.29 is 37.5 Å². The predicted molar refractivity (Wildman–Crippen MR) is 114 cm³/mol. The zero-order chi connectivity index (χ0) is 23.8. The van der Waals surface area contributed by atoms with E-state index in [0.29, 0.717) is 11.1 Å². The molecule has 0 aliphatic carbocycles. The van der Waals surface area contributed by atoms with Gasteiger partial charge in [-0.15, -0.1) is 0 Å². The number of hydrogen-bond acceptors (Lipinski definition) is 7. The highest BCUT2D eigenvalue weighted by atomic mass is 32.2. The minimum atomic E-state index is -4.39. The van der Waals surface area contributed by atoms with Crippen LogP contribution in [0.4, 0.5) is 0 Å². The third-order valence-electron chi connectivity index (χ3n) is 4.60. The van der Waals surface area contributed by atoms with Crippen molar-refractivity contribution >= 4 is 16.1 Å². The first-order chi connectivity index (χ1) is 14.0. The van der Waals surface area contributed by atoms with Crippen LogP contribution in [0.5, 0.6) is 11.5 Å². The minimum Gasteiger partial charge on any atom is -0.482 e. The Hall–Kier alpha value is -2.46. The quantitative estimate of drug-likeness (QED) is 0.332. The van der Waals surface area contributed by atoms with Gasteiger partial charge in [-0.1, -0.05) is 0 Å². The third kappa shape index (κ3) is 6.51. The summed E-state index contributed by atoms with van der Waals surface area (Å²) < 4.78 is 43.0. The van der Waals surface area contributed by atoms with Crippen LogP contribution in [-0.2, 0) is 26.1 Å². The van der Waals surface area contributed by atoms with Crippen molar-refractivity contribution in [2.45, 2.75) is 57.6 Å². The fourth-order valence-electron chi connectivity index (χ4n) is 3.07. The Morgan fingerprint density at radius 1 is 0.871 bits per heavy atom. The maximum atomic E-state index is 12.2. The molecule has 0 amide bonds. The van der Waals surface area contributed by atoms with E-state index in [9.17, 15) is 28.0 Å². The van der Waals surface area contributed by atoms with Crippen LogP contribution in [0, 0.1) is 13.8 Å². The summed E-state index contributed by atoms with van der Waals surface area (Å²) in [6, 6.07) is 7.45. The van der Waals surface area contributed by atoms with E-state index in [1.165, 1.54) is 26.0 Å². The monoisotopic (exact) mass is 452 g/mol. The Kier molecular flexibility index (Phi) is 6.87. The molecule has 3 N–H and O–H groups in total. The molecule has 2 rings (SSSR count). The Labute approximate surface area is 182 Å². The van der Waals surface area contributed by atoms with Crippen molar-refractivity contribution in [2.75, 3.05) is 6.61 Å². The van der Waals surface area contributed by atoms with E-state index in [4.69, 9.17) is 9.47 Å². The number of esters is 1. The molecule has 0 radical (unpaired) electrons. The molecule has 0 aromatic heterocycles. The van der Waals surface area contributed by atoms with Crippen LogP contribution in [0.2, 0.25) is 0 Å². The molecule has 0 aliphatic heterocycles. The number of carbonyl (C=O) groups excluding carboxylic acids is 1. The van der Waals surface area contributed by atoms with Gasteiger partial charge < -0.3 is 19.7 Å². The summed E-state index contributed by atoms with van der Waals surface area (Å²) in [5.41, 5.74) is -0.907. The molecule has 0 saturated heterocycles. The maximum Gasteiger partial charge on any atom is 0.349 e. The zero-order valence-corrected chi connectivity index (χ0v) is 19.2. The lowest BCUT2D eigenvalue weighted by Gasteiger charge is -2.24. The smallest absolute Gasteiger partial charge is 0.349 e. The average Bonchev–Trinajstić information content (AvgIpc) is 2.56. The first-order valence-corrected chi connectivity index (χ1v) is 11.0. The van der Waals surface area contributed by atoms with Crippen LogP contribution in [0.3, 0.4) is 0 Å². The van der Waals surface area contributed by atoms with E-state index in [2.05, 4.69) is 0 Å². The second kappa shape index (κ2) is 8.58. The van der Waals surface area contributed by atoms with Crippen LogP contribution < -0.4 is 9.47 Å². The van der Waals surface area contributed by atoms with Gasteiger partial charge in [-0.2, -0.15) is 8.42 Å². The van der Waals surface area contributed by atoms with Crippen molar-refractivity contribution in [3.8, 4) is 11.5 Å². The largest absolute Gasteiger partial charge is 0.482 e. The van der Waals surface area contributed by atoms with E-state index < -0.39 is 33.9 Å². The summed E-state index contributed by atoms with van der Waals surface area (Å²) in [7, 11) is -4.39. The molecule has 0 spiro atoms. The van der Waals surface area contributed by atoms with Crippen LogP contribution in [-0.4, -0.2) is 35.8 Å². The van der Waals surface area contributed by atoms with Gasteiger partial charge in [0.1, 0.15) is 11.5 Å². The maximum absolute atomic E-state index is 12.2. The van der Waals surface area contributed by atoms with Gasteiger partial charge in [-0.05, 0) is 94.1 Å². The topological polar surface area (TPSA) is 130 Å². The van der Waals surface area contributed by atoms with Gasteiger partial charge >= 0.3 is 5.97 Å². The molecular formula is C22H28O8S. The predicted octanol–water partition coefficient (Wildman–Crippen LogP) is 2.99. The second-order valence-corrected chi connectivity index (χ2v) is 9.85. The molecule has 8 nitrogen and oxygen atoms in total. The van der Waals surface area contributed by atoms with Crippen molar-refractivity contribution in [1.29, 1.82) is 0 Å². The first-order valence-electron chi connectivity index (χ1n) is 9.51. The summed E-state index contributed by atoms with van der Waals surface area (Å²) in [5, 5.41) is 20.6. The fraction of sp³-hybridized carbons (Fsp3) is 0.409. The highest BCUT2D eigenvalue weighted by molar-refractivity contribution is 7.86. The fourth-order valence-corrected chi connectivity index (χ4v) is 4.00. The summed E-state index contributed by atoms with van der Waals surface area (Å²) >= 11 is 0. The molecule has 9 heteroatoms. The number of aryl methyl sites for hydroxylation is 2. The molecule has 170 valence electrons. The number of benzene rings is 2. The second-order valence-electron chi connectivity index (χ2n) is 8.49. The summed E-state index contributed by atoms with van der Waals surface area (Å²) in [5.74, 6) is -0.363. The molecule has 0 heterocycles. The summed E-state index contributed by atoms with van der Waals surface area (Å²) in [4.78, 5) is 12.0. The molecule has 0 bridgehead atoms. The highest BCUT2D eigenvalue weighted by Crippen LogP contribution is 2.31. The van der Waals surface area contributed by atoms with Crippen molar-refractivity contribution in [3.63, 3.8) is 0 Å². The average molecular weight is 453 g/mol. The van der Waals surface area contributed by atoms with Crippen LogP contribution in [0.1, 0.15) is 49.9 Å². The Bertz CT molecular complexity index is 1030. The standard InChI is InChI=1S/C22H28O8S/c1-13-7-18(8-14(2)20(13)31(26,27)28)30-19(23)12-29-17-10-15(21(3,4)24)9-16(11-17)22(5,6)25/h7-11,24-25H,12H2,1-6H3,(H,26,27,28). The van der Waals surface area contributed by atoms with Crippen molar-refractivity contribution in [3.05, 3.63) is 52.6 Å². The number of ether oxygens (including phenoxy) is 2. The molecule has 0 fully saturated rings. The lowest BCUT2D eigenvalue weighted by molar-refractivity contribution is -0.136. The molecule has 0 unspecified atom stereocenters. The van der Waals surface area contributed by atoms with Crippen molar-refractivity contribution in [2.24, 2.45) is 0 Å². The van der Waals surface area contributed by atoms with Gasteiger partial charge in [0.2, 0.25) is 0 Å². The lowest BCUT2D eigenvalue weighted by atomic mass is 9.90. The molecule has 2 aromatic carbocycles. The van der Waals surface area contributed by atoms with Crippen LogP contribution in [0.15, 0.2) is 35.2 Å². The van der Waals surface area contributed by atoms with Gasteiger partial charge in [-0.25, -0.2) is 4.79 Å². The van der Waals surface area contributed by atoms with E-state index in [1.54, 1.807) is 45.9 Å². The Morgan fingerprint density at radius 3 is 1.71 bits per heavy atom. The Balaban J connectivity index is 2.20. The number of aliphatic hydroxyl groups is 2. The van der Waals surface area contributed by atoms with Gasteiger partial charge in [0.25, 0.3) is 10.1 Å². The normalized spacial score (nSPS) is 12.5.